The molecule has 0 aromatic carbocycles. The molecule has 9 nitrogen and oxygen atoms in total. The van der Waals surface area contributed by atoms with Gasteiger partial charge < -0.3 is 25.7 Å². The van der Waals surface area contributed by atoms with Gasteiger partial charge in [0, 0.05) is 13.1 Å². The van der Waals surface area contributed by atoms with Crippen LogP contribution in [0.5, 0.6) is 0 Å². The fourth-order valence-electron chi connectivity index (χ4n) is 1.43. The summed E-state index contributed by atoms with van der Waals surface area (Å²) in [7, 11) is 0. The van der Waals surface area contributed by atoms with Crippen LogP contribution in [0.2, 0.25) is 0 Å². The Labute approximate surface area is 102 Å². The van der Waals surface area contributed by atoms with Crippen molar-refractivity contribution in [2.75, 3.05) is 19.6 Å². The van der Waals surface area contributed by atoms with E-state index in [-0.39, 0.29) is 25.5 Å². The third kappa shape index (κ3) is 3.92. The van der Waals surface area contributed by atoms with Gasteiger partial charge in [-0.1, -0.05) is 0 Å². The first-order valence-electron chi connectivity index (χ1n) is 5.17. The first-order chi connectivity index (χ1) is 8.40. The summed E-state index contributed by atoms with van der Waals surface area (Å²) in [6.45, 7) is 0.352. The molecule has 100 valence electrons. The normalized spacial score (nSPS) is 16.7. The molecule has 18 heavy (non-hydrogen) atoms. The number of rotatable bonds is 4. The van der Waals surface area contributed by atoms with E-state index in [1.807, 2.05) is 0 Å². The van der Waals surface area contributed by atoms with Crippen LogP contribution in [0.1, 0.15) is 6.42 Å². The number of carboxylic acids is 2. The SMILES string of the molecule is O=C(O)C[C@@H](NC(=O)N1CCNC(=O)C1)C(=O)O. The highest BCUT2D eigenvalue weighted by Crippen LogP contribution is 1.98. The van der Waals surface area contributed by atoms with Gasteiger partial charge in [-0.25, -0.2) is 9.59 Å². The predicted molar refractivity (Wildman–Crippen MR) is 56.8 cm³/mol. The molecule has 1 heterocycles. The second kappa shape index (κ2) is 5.84. The van der Waals surface area contributed by atoms with Gasteiger partial charge in [0.2, 0.25) is 5.91 Å². The van der Waals surface area contributed by atoms with E-state index in [9.17, 15) is 19.2 Å². The molecule has 1 rings (SSSR count). The zero-order chi connectivity index (χ0) is 13.7. The van der Waals surface area contributed by atoms with Gasteiger partial charge in [0.15, 0.2) is 0 Å². The van der Waals surface area contributed by atoms with E-state index in [0.29, 0.717) is 0 Å². The van der Waals surface area contributed by atoms with E-state index in [0.717, 1.165) is 4.90 Å². The first-order valence-corrected chi connectivity index (χ1v) is 5.17. The van der Waals surface area contributed by atoms with E-state index >= 15 is 0 Å². The predicted octanol–water partition coefficient (Wildman–Crippen LogP) is -1.94. The van der Waals surface area contributed by atoms with E-state index in [1.165, 1.54) is 0 Å². The summed E-state index contributed by atoms with van der Waals surface area (Å²) in [5, 5.41) is 21.8. The lowest BCUT2D eigenvalue weighted by molar-refractivity contribution is -0.145. The van der Waals surface area contributed by atoms with Crippen LogP contribution >= 0.6 is 0 Å². The maximum Gasteiger partial charge on any atom is 0.326 e. The molecule has 1 saturated heterocycles. The summed E-state index contributed by atoms with van der Waals surface area (Å²) in [6, 6.07) is -2.28. The Bertz CT molecular complexity index is 382. The number of aliphatic carboxylic acids is 2. The Morgan fingerprint density at radius 2 is 2.06 bits per heavy atom. The van der Waals surface area contributed by atoms with E-state index in [2.05, 4.69) is 10.6 Å². The summed E-state index contributed by atoms with van der Waals surface area (Å²) in [6.07, 6.45) is -0.721. The average molecular weight is 259 g/mol. The molecule has 0 unspecified atom stereocenters. The number of carboxylic acid groups (broad SMARTS) is 2. The van der Waals surface area contributed by atoms with Crippen LogP contribution in [0.3, 0.4) is 0 Å². The molecule has 0 spiro atoms. The zero-order valence-corrected chi connectivity index (χ0v) is 9.38. The molecule has 1 fully saturated rings. The number of hydrogen-bond acceptors (Lipinski definition) is 4. The minimum absolute atomic E-state index is 0.175. The Kier molecular flexibility index (Phi) is 4.46. The van der Waals surface area contributed by atoms with Gasteiger partial charge >= 0.3 is 18.0 Å². The number of hydrogen-bond donors (Lipinski definition) is 4. The van der Waals surface area contributed by atoms with Gasteiger partial charge in [0.1, 0.15) is 12.6 Å². The van der Waals surface area contributed by atoms with Crippen molar-refractivity contribution in [3.8, 4) is 0 Å². The minimum atomic E-state index is -1.51. The highest BCUT2D eigenvalue weighted by atomic mass is 16.4. The van der Waals surface area contributed by atoms with Crippen LogP contribution in [0.15, 0.2) is 0 Å². The first kappa shape index (κ1) is 13.7. The van der Waals surface area contributed by atoms with Crippen molar-refractivity contribution < 1.29 is 29.4 Å². The van der Waals surface area contributed by atoms with Crippen LogP contribution in [-0.2, 0) is 14.4 Å². The van der Waals surface area contributed by atoms with Gasteiger partial charge in [0.25, 0.3) is 0 Å². The summed E-state index contributed by atoms with van der Waals surface area (Å²) in [4.78, 5) is 44.9. The summed E-state index contributed by atoms with van der Waals surface area (Å²) >= 11 is 0. The van der Waals surface area contributed by atoms with Gasteiger partial charge in [-0.15, -0.1) is 0 Å². The lowest BCUT2D eigenvalue weighted by Crippen LogP contribution is -2.55. The molecule has 4 N–H and O–H groups in total. The zero-order valence-electron chi connectivity index (χ0n) is 9.38. The van der Waals surface area contributed by atoms with Gasteiger partial charge in [0.05, 0.1) is 6.42 Å². The van der Waals surface area contributed by atoms with Crippen molar-refractivity contribution in [1.82, 2.24) is 15.5 Å². The number of amides is 3. The molecule has 1 aliphatic rings. The smallest absolute Gasteiger partial charge is 0.326 e. The lowest BCUT2D eigenvalue weighted by atomic mass is 10.2. The fourth-order valence-corrected chi connectivity index (χ4v) is 1.43. The highest BCUT2D eigenvalue weighted by molar-refractivity contribution is 5.89. The topological polar surface area (TPSA) is 136 Å². The van der Waals surface area contributed by atoms with E-state index < -0.39 is 30.4 Å². The van der Waals surface area contributed by atoms with Gasteiger partial charge in [-0.2, -0.15) is 0 Å². The van der Waals surface area contributed by atoms with E-state index in [1.54, 1.807) is 0 Å². The summed E-state index contributed by atoms with van der Waals surface area (Å²) in [5.74, 6) is -3.12. The number of nitrogens with zero attached hydrogens (tertiary/aromatic N) is 1. The summed E-state index contributed by atoms with van der Waals surface area (Å²) in [5.41, 5.74) is 0. The molecular weight excluding hydrogens is 246 g/mol. The molecule has 3 amide bonds. The quantitative estimate of drug-likeness (QED) is 0.463. The number of piperazine rings is 1. The largest absolute Gasteiger partial charge is 0.481 e. The maximum atomic E-state index is 11.6. The minimum Gasteiger partial charge on any atom is -0.481 e. The third-order valence-electron chi connectivity index (χ3n) is 2.30. The monoisotopic (exact) mass is 259 g/mol. The Hall–Kier alpha value is -2.32. The van der Waals surface area contributed by atoms with Crippen molar-refractivity contribution in [3.05, 3.63) is 0 Å². The summed E-state index contributed by atoms with van der Waals surface area (Å²) < 4.78 is 0. The molecule has 0 radical (unpaired) electrons. The van der Waals surface area contributed by atoms with Crippen LogP contribution in [0.25, 0.3) is 0 Å². The van der Waals surface area contributed by atoms with Crippen molar-refractivity contribution in [1.29, 1.82) is 0 Å². The lowest BCUT2D eigenvalue weighted by Gasteiger charge is -2.27. The van der Waals surface area contributed by atoms with Crippen LogP contribution in [0.4, 0.5) is 4.79 Å². The van der Waals surface area contributed by atoms with Crippen molar-refractivity contribution in [2.45, 2.75) is 12.5 Å². The molecular formula is C9H13N3O6. The average Bonchev–Trinajstić information content (AvgIpc) is 2.27. The fraction of sp³-hybridized carbons (Fsp3) is 0.556. The molecule has 0 aromatic rings. The molecule has 0 bridgehead atoms. The standard InChI is InChI=1S/C9H13N3O6/c13-6-4-12(2-1-10-6)9(18)11-5(8(16)17)3-7(14)15/h5H,1-4H2,(H,10,13)(H,11,18)(H,14,15)(H,16,17)/t5-/m1/s1. The molecule has 1 atom stereocenters. The second-order valence-electron chi connectivity index (χ2n) is 3.71. The van der Waals surface area contributed by atoms with Crippen LogP contribution in [0, 0.1) is 0 Å². The van der Waals surface area contributed by atoms with Crippen molar-refractivity contribution >= 4 is 23.9 Å². The van der Waals surface area contributed by atoms with Crippen molar-refractivity contribution in [2.24, 2.45) is 0 Å². The molecule has 0 aromatic heterocycles. The van der Waals surface area contributed by atoms with Crippen LogP contribution < -0.4 is 10.6 Å². The van der Waals surface area contributed by atoms with Gasteiger partial charge in [-0.05, 0) is 0 Å². The third-order valence-corrected chi connectivity index (χ3v) is 2.30. The van der Waals surface area contributed by atoms with Crippen molar-refractivity contribution in [3.63, 3.8) is 0 Å². The Morgan fingerprint density at radius 1 is 1.39 bits per heavy atom. The molecule has 1 aliphatic heterocycles. The van der Waals surface area contributed by atoms with Crippen LogP contribution in [-0.4, -0.2) is 64.7 Å². The number of carbonyl (C=O) groups excluding carboxylic acids is 2. The highest BCUT2D eigenvalue weighted by Gasteiger charge is 2.27. The number of carbonyl (C=O) groups is 4. The Balaban J connectivity index is 2.57. The van der Waals surface area contributed by atoms with Gasteiger partial charge in [-0.3, -0.25) is 9.59 Å². The maximum absolute atomic E-state index is 11.6. The number of nitrogens with one attached hydrogen (secondary N) is 2. The molecule has 0 aliphatic carbocycles. The molecule has 0 saturated carbocycles. The second-order valence-corrected chi connectivity index (χ2v) is 3.71. The van der Waals surface area contributed by atoms with E-state index in [4.69, 9.17) is 10.2 Å². The Morgan fingerprint density at radius 3 is 2.56 bits per heavy atom. The number of urea groups is 1. The molecule has 9 heteroatoms.